The van der Waals surface area contributed by atoms with Crippen LogP contribution in [-0.4, -0.2) is 13.1 Å². The van der Waals surface area contributed by atoms with Crippen LogP contribution in [0.2, 0.25) is 0 Å². The van der Waals surface area contributed by atoms with Gasteiger partial charge in [0.1, 0.15) is 0 Å². The first-order valence-corrected chi connectivity index (χ1v) is 5.51. The van der Waals surface area contributed by atoms with Gasteiger partial charge in [0, 0.05) is 11.6 Å². The molecule has 1 saturated heterocycles. The highest BCUT2D eigenvalue weighted by Crippen LogP contribution is 2.28. The van der Waals surface area contributed by atoms with Gasteiger partial charge in [0.25, 0.3) is 0 Å². The zero-order valence-corrected chi connectivity index (χ0v) is 8.61. The van der Waals surface area contributed by atoms with Crippen molar-refractivity contribution in [3.05, 3.63) is 22.8 Å². The summed E-state index contributed by atoms with van der Waals surface area (Å²) < 4.78 is 0. The molecule has 2 heteroatoms. The van der Waals surface area contributed by atoms with Gasteiger partial charge in [-0.2, -0.15) is 0 Å². The Kier molecular flexibility index (Phi) is 3.07. The highest BCUT2D eigenvalue weighted by Gasteiger charge is 2.17. The standard InChI is InChI=1S/C11H16ClN/c12-11-5-1-3-9(7-11)10-4-2-6-13-8-10/h3,7,10,13H,1-2,4-6,8H2. The molecular weight excluding hydrogens is 182 g/mol. The molecule has 0 aromatic rings. The maximum Gasteiger partial charge on any atom is 0.0186 e. The number of nitrogens with one attached hydrogen (secondary N) is 1. The van der Waals surface area contributed by atoms with Gasteiger partial charge in [-0.15, -0.1) is 0 Å². The van der Waals surface area contributed by atoms with E-state index in [9.17, 15) is 0 Å². The van der Waals surface area contributed by atoms with E-state index in [1.807, 2.05) is 0 Å². The molecule has 0 aromatic carbocycles. The smallest absolute Gasteiger partial charge is 0.0186 e. The molecule has 1 aliphatic carbocycles. The zero-order chi connectivity index (χ0) is 9.10. The van der Waals surface area contributed by atoms with Crippen molar-refractivity contribution in [2.75, 3.05) is 13.1 Å². The summed E-state index contributed by atoms with van der Waals surface area (Å²) in [6.45, 7) is 2.31. The number of hydrogen-bond donors (Lipinski definition) is 1. The summed E-state index contributed by atoms with van der Waals surface area (Å²) in [6, 6.07) is 0. The lowest BCUT2D eigenvalue weighted by molar-refractivity contribution is 0.425. The Morgan fingerprint density at radius 3 is 3.08 bits per heavy atom. The third kappa shape index (κ3) is 2.35. The second-order valence-electron chi connectivity index (χ2n) is 3.88. The molecule has 1 heterocycles. The first-order chi connectivity index (χ1) is 6.36. The molecule has 1 aliphatic heterocycles. The number of rotatable bonds is 1. The summed E-state index contributed by atoms with van der Waals surface area (Å²) in [5.41, 5.74) is 1.46. The van der Waals surface area contributed by atoms with Crippen LogP contribution in [0.25, 0.3) is 0 Å². The SMILES string of the molecule is ClC1=CC(C2CCCNC2)=CCC1. The minimum atomic E-state index is 0.711. The molecule has 1 fully saturated rings. The molecule has 0 bridgehead atoms. The van der Waals surface area contributed by atoms with Gasteiger partial charge in [0.05, 0.1) is 0 Å². The number of halogens is 1. The third-order valence-corrected chi connectivity index (χ3v) is 3.15. The van der Waals surface area contributed by atoms with Crippen molar-refractivity contribution in [1.82, 2.24) is 5.32 Å². The van der Waals surface area contributed by atoms with Crippen molar-refractivity contribution >= 4 is 11.6 Å². The van der Waals surface area contributed by atoms with Crippen LogP contribution < -0.4 is 5.32 Å². The van der Waals surface area contributed by atoms with Crippen LogP contribution in [0.15, 0.2) is 22.8 Å². The minimum Gasteiger partial charge on any atom is -0.316 e. The van der Waals surface area contributed by atoms with Crippen LogP contribution >= 0.6 is 11.6 Å². The van der Waals surface area contributed by atoms with E-state index < -0.39 is 0 Å². The van der Waals surface area contributed by atoms with Gasteiger partial charge in [-0.1, -0.05) is 17.7 Å². The second kappa shape index (κ2) is 4.30. The molecule has 0 radical (unpaired) electrons. The van der Waals surface area contributed by atoms with Gasteiger partial charge in [-0.05, 0) is 49.8 Å². The van der Waals surface area contributed by atoms with Crippen molar-refractivity contribution < 1.29 is 0 Å². The molecule has 2 rings (SSSR count). The molecule has 13 heavy (non-hydrogen) atoms. The van der Waals surface area contributed by atoms with Crippen molar-refractivity contribution in [2.45, 2.75) is 25.7 Å². The van der Waals surface area contributed by atoms with Crippen molar-refractivity contribution in [3.63, 3.8) is 0 Å². The Labute approximate surface area is 84.9 Å². The molecular formula is C11H16ClN. The molecule has 0 amide bonds. The number of hydrogen-bond acceptors (Lipinski definition) is 1. The Morgan fingerprint density at radius 2 is 2.38 bits per heavy atom. The van der Waals surface area contributed by atoms with Crippen LogP contribution in [0.5, 0.6) is 0 Å². The van der Waals surface area contributed by atoms with Crippen LogP contribution in [0.1, 0.15) is 25.7 Å². The van der Waals surface area contributed by atoms with Gasteiger partial charge in [0.2, 0.25) is 0 Å². The molecule has 1 N–H and O–H groups in total. The average Bonchev–Trinajstić information content (AvgIpc) is 2.19. The summed E-state index contributed by atoms with van der Waals surface area (Å²) in [7, 11) is 0. The molecule has 1 unspecified atom stereocenters. The molecule has 2 aliphatic rings. The van der Waals surface area contributed by atoms with E-state index in [1.54, 1.807) is 0 Å². The predicted octanol–water partition coefficient (Wildman–Crippen LogP) is 2.83. The van der Waals surface area contributed by atoms with E-state index in [2.05, 4.69) is 17.5 Å². The maximum absolute atomic E-state index is 6.03. The lowest BCUT2D eigenvalue weighted by Gasteiger charge is -2.25. The maximum atomic E-state index is 6.03. The lowest BCUT2D eigenvalue weighted by Crippen LogP contribution is -2.30. The monoisotopic (exact) mass is 197 g/mol. The van der Waals surface area contributed by atoms with Crippen LogP contribution in [-0.2, 0) is 0 Å². The zero-order valence-electron chi connectivity index (χ0n) is 7.85. The minimum absolute atomic E-state index is 0.711. The third-order valence-electron chi connectivity index (χ3n) is 2.85. The predicted molar refractivity (Wildman–Crippen MR) is 56.8 cm³/mol. The molecule has 0 aromatic heterocycles. The second-order valence-corrected chi connectivity index (χ2v) is 4.36. The molecule has 0 spiro atoms. The molecule has 72 valence electrons. The van der Waals surface area contributed by atoms with Crippen molar-refractivity contribution in [2.24, 2.45) is 5.92 Å². The fourth-order valence-electron chi connectivity index (χ4n) is 2.11. The van der Waals surface area contributed by atoms with Crippen molar-refractivity contribution in [3.8, 4) is 0 Å². The van der Waals surface area contributed by atoms with Crippen molar-refractivity contribution in [1.29, 1.82) is 0 Å². The van der Waals surface area contributed by atoms with Gasteiger partial charge >= 0.3 is 0 Å². The highest BCUT2D eigenvalue weighted by atomic mass is 35.5. The molecule has 0 saturated carbocycles. The normalized spacial score (nSPS) is 29.5. The Morgan fingerprint density at radius 1 is 1.46 bits per heavy atom. The Hall–Kier alpha value is -0.270. The quantitative estimate of drug-likeness (QED) is 0.682. The van der Waals surface area contributed by atoms with Gasteiger partial charge in [-0.3, -0.25) is 0 Å². The first-order valence-electron chi connectivity index (χ1n) is 5.13. The van der Waals surface area contributed by atoms with E-state index in [0.29, 0.717) is 5.92 Å². The Balaban J connectivity index is 2.02. The van der Waals surface area contributed by atoms with E-state index in [0.717, 1.165) is 24.4 Å². The largest absolute Gasteiger partial charge is 0.316 e. The number of piperidine rings is 1. The van der Waals surface area contributed by atoms with E-state index in [-0.39, 0.29) is 0 Å². The summed E-state index contributed by atoms with van der Waals surface area (Å²) in [5.74, 6) is 0.711. The van der Waals surface area contributed by atoms with Crippen LogP contribution in [0.3, 0.4) is 0 Å². The van der Waals surface area contributed by atoms with E-state index in [1.165, 1.54) is 25.0 Å². The number of allylic oxidation sites excluding steroid dienone is 3. The summed E-state index contributed by atoms with van der Waals surface area (Å²) in [4.78, 5) is 0. The Bertz CT molecular complexity index is 236. The van der Waals surface area contributed by atoms with E-state index in [4.69, 9.17) is 11.6 Å². The topological polar surface area (TPSA) is 12.0 Å². The van der Waals surface area contributed by atoms with E-state index >= 15 is 0 Å². The van der Waals surface area contributed by atoms with Crippen LogP contribution in [0.4, 0.5) is 0 Å². The highest BCUT2D eigenvalue weighted by molar-refractivity contribution is 6.29. The van der Waals surface area contributed by atoms with Gasteiger partial charge in [-0.25, -0.2) is 0 Å². The average molecular weight is 198 g/mol. The molecule has 1 nitrogen and oxygen atoms in total. The van der Waals surface area contributed by atoms with Gasteiger partial charge < -0.3 is 5.32 Å². The van der Waals surface area contributed by atoms with Crippen LogP contribution in [0, 0.1) is 5.92 Å². The fraction of sp³-hybridized carbons (Fsp3) is 0.636. The summed E-state index contributed by atoms with van der Waals surface area (Å²) in [6.07, 6.45) is 9.30. The summed E-state index contributed by atoms with van der Waals surface area (Å²) in [5, 5.41) is 4.46. The van der Waals surface area contributed by atoms with Gasteiger partial charge in [0.15, 0.2) is 0 Å². The first kappa shape index (κ1) is 9.29. The summed E-state index contributed by atoms with van der Waals surface area (Å²) >= 11 is 6.03. The molecule has 1 atom stereocenters. The fourth-order valence-corrected chi connectivity index (χ4v) is 2.34. The lowest BCUT2D eigenvalue weighted by atomic mass is 9.88.